The van der Waals surface area contributed by atoms with Gasteiger partial charge in [-0.25, -0.2) is 0 Å². The molecule has 2 aliphatic heterocycles. The van der Waals surface area contributed by atoms with Gasteiger partial charge in [0, 0.05) is 51.3 Å². The highest BCUT2D eigenvalue weighted by molar-refractivity contribution is 5.94. The number of piperidine rings is 1. The molecule has 2 bridgehead atoms. The number of nitrogens with zero attached hydrogens (tertiary/aromatic N) is 2. The van der Waals surface area contributed by atoms with Crippen molar-refractivity contribution in [2.24, 2.45) is 11.8 Å². The van der Waals surface area contributed by atoms with Crippen LogP contribution in [-0.4, -0.2) is 73.4 Å². The van der Waals surface area contributed by atoms with E-state index in [0.717, 1.165) is 68.9 Å². The Morgan fingerprint density at radius 1 is 1.03 bits per heavy atom. The van der Waals surface area contributed by atoms with Gasteiger partial charge in [0.2, 0.25) is 0 Å². The van der Waals surface area contributed by atoms with Gasteiger partial charge in [-0.15, -0.1) is 0 Å². The summed E-state index contributed by atoms with van der Waals surface area (Å²) in [5.41, 5.74) is 4.27. The van der Waals surface area contributed by atoms with Crippen LogP contribution in [0.4, 0.5) is 0 Å². The third-order valence-electron chi connectivity index (χ3n) is 7.20. The summed E-state index contributed by atoms with van der Waals surface area (Å²) >= 11 is 0. The minimum Gasteiger partial charge on any atom is -0.491 e. The number of fused-ring (bicyclic) bond motifs is 3. The van der Waals surface area contributed by atoms with Gasteiger partial charge < -0.3 is 19.5 Å². The van der Waals surface area contributed by atoms with E-state index < -0.39 is 0 Å². The van der Waals surface area contributed by atoms with Crippen molar-refractivity contribution in [3.63, 3.8) is 0 Å². The number of aliphatic hydroxyl groups is 1. The second-order valence-corrected chi connectivity index (χ2v) is 10.7. The van der Waals surface area contributed by atoms with Crippen molar-refractivity contribution in [3.05, 3.63) is 64.7 Å². The lowest BCUT2D eigenvalue weighted by atomic mass is 9.93. The van der Waals surface area contributed by atoms with Crippen molar-refractivity contribution in [1.29, 1.82) is 0 Å². The number of ether oxygens (including phenoxy) is 2. The van der Waals surface area contributed by atoms with Crippen LogP contribution in [0.5, 0.6) is 5.75 Å². The number of amides is 1. The van der Waals surface area contributed by atoms with E-state index in [1.165, 1.54) is 11.1 Å². The van der Waals surface area contributed by atoms with Gasteiger partial charge in [-0.2, -0.15) is 0 Å². The van der Waals surface area contributed by atoms with E-state index in [2.05, 4.69) is 43.0 Å². The number of carbonyl (C=O) groups excluding carboxylic acids is 1. The SMILES string of the molecule is CC(C)CN1CCOCCOc2ccc(C(=O)N3CCC(CCO)CC3)cc2Cc2cccc(c2)C1. The van der Waals surface area contributed by atoms with Gasteiger partial charge in [0.25, 0.3) is 5.91 Å². The number of aliphatic hydroxyl groups excluding tert-OH is 1. The number of rotatable bonds is 5. The molecule has 0 atom stereocenters. The molecule has 1 N–H and O–H groups in total. The molecule has 2 aromatic carbocycles. The molecule has 6 nitrogen and oxygen atoms in total. The second kappa shape index (κ2) is 13.2. The second-order valence-electron chi connectivity index (χ2n) is 10.7. The molecule has 196 valence electrons. The Morgan fingerprint density at radius 3 is 2.61 bits per heavy atom. The molecule has 0 aromatic heterocycles. The molecule has 0 unspecified atom stereocenters. The zero-order chi connectivity index (χ0) is 25.3. The van der Waals surface area contributed by atoms with Crippen LogP contribution in [0, 0.1) is 11.8 Å². The van der Waals surface area contributed by atoms with Crippen molar-refractivity contribution >= 4 is 5.91 Å². The third kappa shape index (κ3) is 7.55. The van der Waals surface area contributed by atoms with E-state index in [0.29, 0.717) is 38.1 Å². The molecule has 0 saturated carbocycles. The average Bonchev–Trinajstić information content (AvgIpc) is 2.86. The fourth-order valence-electron chi connectivity index (χ4n) is 5.35. The van der Waals surface area contributed by atoms with Gasteiger partial charge in [0.1, 0.15) is 12.4 Å². The number of hydrogen-bond donors (Lipinski definition) is 1. The Morgan fingerprint density at radius 2 is 1.83 bits per heavy atom. The molecule has 0 radical (unpaired) electrons. The van der Waals surface area contributed by atoms with Crippen LogP contribution in [0.2, 0.25) is 0 Å². The standard InChI is InChI=1S/C30H42N2O4/c1-23(2)21-31-13-15-35-16-17-36-29-7-6-27(30(34)32-11-8-24(9-12-32)10-14-33)20-28(29)19-25-4-3-5-26(18-25)22-31/h3-7,18,20,23-24,33H,8-17,19,21-22H2,1-2H3. The summed E-state index contributed by atoms with van der Waals surface area (Å²) in [6.45, 7) is 10.8. The van der Waals surface area contributed by atoms with Crippen LogP contribution in [-0.2, 0) is 17.7 Å². The highest BCUT2D eigenvalue weighted by Crippen LogP contribution is 2.27. The molecule has 2 heterocycles. The molecule has 4 rings (SSSR count). The predicted molar refractivity (Wildman–Crippen MR) is 142 cm³/mol. The smallest absolute Gasteiger partial charge is 0.253 e. The fraction of sp³-hybridized carbons (Fsp3) is 0.567. The van der Waals surface area contributed by atoms with Crippen LogP contribution in [0.25, 0.3) is 0 Å². The summed E-state index contributed by atoms with van der Waals surface area (Å²) in [6, 6.07) is 14.6. The van der Waals surface area contributed by atoms with Crippen molar-refractivity contribution < 1.29 is 19.4 Å². The van der Waals surface area contributed by atoms with E-state index >= 15 is 0 Å². The van der Waals surface area contributed by atoms with Crippen molar-refractivity contribution in [3.8, 4) is 5.75 Å². The summed E-state index contributed by atoms with van der Waals surface area (Å²) in [4.78, 5) is 17.7. The highest BCUT2D eigenvalue weighted by Gasteiger charge is 2.24. The van der Waals surface area contributed by atoms with Crippen LogP contribution in [0.1, 0.15) is 60.2 Å². The minimum absolute atomic E-state index is 0.0843. The molecule has 0 spiro atoms. The molecule has 0 aliphatic carbocycles. The van der Waals surface area contributed by atoms with Crippen LogP contribution >= 0.6 is 0 Å². The highest BCUT2D eigenvalue weighted by atomic mass is 16.5. The first-order chi connectivity index (χ1) is 17.5. The maximum atomic E-state index is 13.3. The Bertz CT molecular complexity index is 985. The third-order valence-corrected chi connectivity index (χ3v) is 7.20. The monoisotopic (exact) mass is 494 g/mol. The van der Waals surface area contributed by atoms with Gasteiger partial charge in [-0.3, -0.25) is 9.69 Å². The Kier molecular flexibility index (Phi) is 9.79. The lowest BCUT2D eigenvalue weighted by Gasteiger charge is -2.32. The molecule has 1 fully saturated rings. The molecule has 6 heteroatoms. The predicted octanol–water partition coefficient (Wildman–Crippen LogP) is 4.38. The summed E-state index contributed by atoms with van der Waals surface area (Å²) < 4.78 is 12.0. The van der Waals surface area contributed by atoms with E-state index in [1.807, 2.05) is 23.1 Å². The summed E-state index contributed by atoms with van der Waals surface area (Å²) in [5, 5.41) is 9.22. The summed E-state index contributed by atoms with van der Waals surface area (Å²) in [7, 11) is 0. The lowest BCUT2D eigenvalue weighted by molar-refractivity contribution is 0.0677. The Balaban J connectivity index is 1.54. The van der Waals surface area contributed by atoms with Gasteiger partial charge in [0.05, 0.1) is 13.2 Å². The maximum absolute atomic E-state index is 13.3. The lowest BCUT2D eigenvalue weighted by Crippen LogP contribution is -2.38. The largest absolute Gasteiger partial charge is 0.491 e. The molecule has 1 saturated heterocycles. The van der Waals surface area contributed by atoms with E-state index in [1.54, 1.807) is 0 Å². The zero-order valence-electron chi connectivity index (χ0n) is 22.0. The van der Waals surface area contributed by atoms with Crippen LogP contribution < -0.4 is 4.74 Å². The topological polar surface area (TPSA) is 62.2 Å². The van der Waals surface area contributed by atoms with E-state index in [4.69, 9.17) is 9.47 Å². The number of carbonyl (C=O) groups is 1. The molecule has 2 aromatic rings. The molecular weight excluding hydrogens is 452 g/mol. The first-order valence-corrected chi connectivity index (χ1v) is 13.6. The zero-order valence-corrected chi connectivity index (χ0v) is 22.0. The van der Waals surface area contributed by atoms with E-state index in [-0.39, 0.29) is 12.5 Å². The minimum atomic E-state index is 0.0843. The number of benzene rings is 2. The normalized spacial score (nSPS) is 18.4. The maximum Gasteiger partial charge on any atom is 0.253 e. The molecule has 1 amide bonds. The summed E-state index contributed by atoms with van der Waals surface area (Å²) in [5.74, 6) is 2.02. The van der Waals surface area contributed by atoms with Crippen molar-refractivity contribution in [1.82, 2.24) is 9.80 Å². The Labute approximate surface area is 216 Å². The van der Waals surface area contributed by atoms with Gasteiger partial charge in [-0.1, -0.05) is 38.1 Å². The number of hydrogen-bond acceptors (Lipinski definition) is 5. The Hall–Kier alpha value is -2.41. The fourth-order valence-corrected chi connectivity index (χ4v) is 5.35. The first-order valence-electron chi connectivity index (χ1n) is 13.6. The van der Waals surface area contributed by atoms with Crippen LogP contribution in [0.3, 0.4) is 0 Å². The quantitative estimate of drug-likeness (QED) is 0.669. The van der Waals surface area contributed by atoms with E-state index in [9.17, 15) is 9.90 Å². The average molecular weight is 495 g/mol. The molecule has 36 heavy (non-hydrogen) atoms. The van der Waals surface area contributed by atoms with Gasteiger partial charge in [-0.05, 0) is 66.0 Å². The molecular formula is C30H42N2O4. The van der Waals surface area contributed by atoms with Gasteiger partial charge in [0.15, 0.2) is 0 Å². The van der Waals surface area contributed by atoms with Crippen molar-refractivity contribution in [2.75, 3.05) is 52.6 Å². The molecule has 2 aliphatic rings. The summed E-state index contributed by atoms with van der Waals surface area (Å²) in [6.07, 6.45) is 3.46. The van der Waals surface area contributed by atoms with Gasteiger partial charge >= 0.3 is 0 Å². The van der Waals surface area contributed by atoms with Crippen LogP contribution in [0.15, 0.2) is 42.5 Å². The number of likely N-dealkylation sites (tertiary alicyclic amines) is 1. The first kappa shape index (κ1) is 26.6. The van der Waals surface area contributed by atoms with Crippen molar-refractivity contribution in [2.45, 2.75) is 46.1 Å².